The van der Waals surface area contributed by atoms with Crippen molar-refractivity contribution in [3.8, 4) is 0 Å². The number of nitrogens with two attached hydrogens (primary N) is 2. The van der Waals surface area contributed by atoms with Crippen LogP contribution in [0.15, 0.2) is 0 Å². The minimum absolute atomic E-state index is 0.520. The van der Waals surface area contributed by atoms with Gasteiger partial charge in [0.1, 0.15) is 48.8 Å². The van der Waals surface area contributed by atoms with Crippen molar-refractivity contribution in [3.63, 3.8) is 0 Å². The molecular formula is C15H34N2O16P2. The van der Waals surface area contributed by atoms with Gasteiger partial charge in [0.05, 0.1) is 13.2 Å². The number of carboxylic acids is 1. The highest BCUT2D eigenvalue weighted by molar-refractivity contribution is 7.47. The maximum absolute atomic E-state index is 11.7. The SMILES string of the molecule is NCCCC[C@H](N)C(=O)O.O=P(O)(O)OC1[C@@H](O)[C@H](O)C(OP(=O)(O)OCC(O)CO)[C@@H](O)[C@H]1O. The van der Waals surface area contributed by atoms with E-state index in [9.17, 15) is 39.2 Å². The van der Waals surface area contributed by atoms with Gasteiger partial charge in [-0.1, -0.05) is 6.42 Å². The van der Waals surface area contributed by atoms with E-state index in [1.165, 1.54) is 0 Å². The molecule has 20 heteroatoms. The number of phosphoric acid groups is 2. The summed E-state index contributed by atoms with van der Waals surface area (Å²) in [5, 5.41) is 65.1. The van der Waals surface area contributed by atoms with E-state index in [1.807, 2.05) is 0 Å². The quantitative estimate of drug-likeness (QED) is 0.0743. The lowest BCUT2D eigenvalue weighted by molar-refractivity contribution is -0.216. The standard InChI is InChI=1S/C9H20O14P2.C6H14N2O2/c10-1-3(11)2-21-25(19,20)23-9-6(14)4(12)8(5(13)7(9)15)22-24(16,17)18;7-4-2-1-3-5(8)6(9)10/h3-15H,1-2H2,(H,19,20)(H2,16,17,18);5H,1-4,7-8H2,(H,9,10)/t3?,4-,5+,6-,7-,8?,9?;5-/m00/s1. The van der Waals surface area contributed by atoms with Crippen LogP contribution in [0, 0.1) is 0 Å². The third kappa shape index (κ3) is 12.9. The fourth-order valence-electron chi connectivity index (χ4n) is 2.64. The summed E-state index contributed by atoms with van der Waals surface area (Å²) >= 11 is 0. The predicted octanol–water partition coefficient (Wildman–Crippen LogP) is -4.70. The molecule has 35 heavy (non-hydrogen) atoms. The van der Waals surface area contributed by atoms with Crippen molar-refractivity contribution >= 4 is 21.6 Å². The van der Waals surface area contributed by atoms with Crippen LogP contribution < -0.4 is 11.5 Å². The highest BCUT2D eigenvalue weighted by Crippen LogP contribution is 2.48. The molecule has 1 fully saturated rings. The Hall–Kier alpha value is -0.630. The van der Waals surface area contributed by atoms with Crippen molar-refractivity contribution in [1.82, 2.24) is 0 Å². The summed E-state index contributed by atoms with van der Waals surface area (Å²) in [6.45, 7) is -1.04. The zero-order valence-corrected chi connectivity index (χ0v) is 20.1. The topological polar surface area (TPSA) is 333 Å². The zero-order chi connectivity index (χ0) is 27.6. The van der Waals surface area contributed by atoms with E-state index in [1.54, 1.807) is 0 Å². The van der Waals surface area contributed by atoms with Crippen LogP contribution in [0.3, 0.4) is 0 Å². The number of carbonyl (C=O) groups is 1. The number of phosphoric ester groups is 2. The van der Waals surface area contributed by atoms with Crippen molar-refractivity contribution in [1.29, 1.82) is 0 Å². The highest BCUT2D eigenvalue weighted by Gasteiger charge is 2.54. The largest absolute Gasteiger partial charge is 0.480 e. The molecule has 0 spiro atoms. The van der Waals surface area contributed by atoms with E-state index in [0.717, 1.165) is 12.8 Å². The number of aliphatic hydroxyl groups excluding tert-OH is 6. The lowest BCUT2D eigenvalue weighted by Gasteiger charge is -2.43. The van der Waals surface area contributed by atoms with Crippen molar-refractivity contribution in [2.75, 3.05) is 19.8 Å². The van der Waals surface area contributed by atoms with Gasteiger partial charge in [-0.2, -0.15) is 0 Å². The Balaban J connectivity index is 0.000000972. The molecule has 1 saturated carbocycles. The van der Waals surface area contributed by atoms with E-state index in [2.05, 4.69) is 13.6 Å². The highest BCUT2D eigenvalue weighted by atomic mass is 31.2. The molecule has 210 valence electrons. The number of unbranched alkanes of at least 4 members (excludes halogenated alkanes) is 1. The normalized spacial score (nSPS) is 30.5. The number of aliphatic carboxylic acids is 1. The van der Waals surface area contributed by atoms with Gasteiger partial charge < -0.3 is 61.9 Å². The van der Waals surface area contributed by atoms with Crippen molar-refractivity contribution in [2.45, 2.75) is 68.0 Å². The number of hydrogen-bond donors (Lipinski definition) is 12. The number of hydrogen-bond acceptors (Lipinski definition) is 14. The monoisotopic (exact) mass is 560 g/mol. The first-order valence-electron chi connectivity index (χ1n) is 10.1. The number of aliphatic hydroxyl groups is 6. The molecule has 0 amide bonds. The van der Waals surface area contributed by atoms with Crippen LogP contribution in [-0.4, -0.2) is 125 Å². The molecule has 0 aromatic carbocycles. The molecule has 9 atom stereocenters. The molecule has 1 aliphatic carbocycles. The molecule has 1 aliphatic rings. The number of rotatable bonds is 13. The fourth-order valence-corrected chi connectivity index (χ4v) is 4.18. The zero-order valence-electron chi connectivity index (χ0n) is 18.3. The second kappa shape index (κ2) is 15.6. The Bertz CT molecular complexity index is 709. The van der Waals surface area contributed by atoms with Gasteiger partial charge in [-0.05, 0) is 19.4 Å². The van der Waals surface area contributed by atoms with E-state index in [-0.39, 0.29) is 0 Å². The maximum Gasteiger partial charge on any atom is 0.472 e. The summed E-state index contributed by atoms with van der Waals surface area (Å²) in [7, 11) is -10.2. The molecule has 0 aromatic rings. The van der Waals surface area contributed by atoms with Crippen LogP contribution in [0.4, 0.5) is 0 Å². The van der Waals surface area contributed by atoms with Gasteiger partial charge in [0.25, 0.3) is 0 Å². The van der Waals surface area contributed by atoms with E-state index in [4.69, 9.17) is 36.6 Å². The summed E-state index contributed by atoms with van der Waals surface area (Å²) in [4.78, 5) is 37.0. The smallest absolute Gasteiger partial charge is 0.472 e. The molecule has 0 bridgehead atoms. The first-order valence-corrected chi connectivity index (χ1v) is 13.1. The summed E-state index contributed by atoms with van der Waals surface area (Å²) in [5.41, 5.74) is 10.4. The summed E-state index contributed by atoms with van der Waals surface area (Å²) in [5.74, 6) is -0.933. The minimum atomic E-state index is -5.21. The Morgan fingerprint density at radius 2 is 1.37 bits per heavy atom. The van der Waals surface area contributed by atoms with Gasteiger partial charge in [0.15, 0.2) is 0 Å². The second-order valence-electron chi connectivity index (χ2n) is 7.42. The molecular weight excluding hydrogens is 526 g/mol. The van der Waals surface area contributed by atoms with Gasteiger partial charge in [-0.15, -0.1) is 0 Å². The molecule has 0 aromatic heterocycles. The Morgan fingerprint density at radius 3 is 1.74 bits per heavy atom. The Morgan fingerprint density at radius 1 is 0.914 bits per heavy atom. The lowest BCUT2D eigenvalue weighted by atomic mass is 9.85. The van der Waals surface area contributed by atoms with Crippen LogP contribution in [0.2, 0.25) is 0 Å². The maximum atomic E-state index is 11.7. The summed E-state index contributed by atoms with van der Waals surface area (Å²) in [6, 6.07) is -0.716. The average Bonchev–Trinajstić information content (AvgIpc) is 2.76. The van der Waals surface area contributed by atoms with Gasteiger partial charge in [-0.3, -0.25) is 18.4 Å². The molecule has 14 N–H and O–H groups in total. The average molecular weight is 560 g/mol. The summed E-state index contributed by atoms with van der Waals surface area (Å²) in [6.07, 6.45) is -12.4. The van der Waals surface area contributed by atoms with Crippen LogP contribution >= 0.6 is 15.6 Å². The van der Waals surface area contributed by atoms with Crippen LogP contribution in [0.25, 0.3) is 0 Å². The lowest BCUT2D eigenvalue weighted by Crippen LogP contribution is -2.64. The van der Waals surface area contributed by atoms with E-state index >= 15 is 0 Å². The summed E-state index contributed by atoms with van der Waals surface area (Å²) < 4.78 is 35.3. The molecule has 4 unspecified atom stereocenters. The first kappa shape index (κ1) is 34.4. The van der Waals surface area contributed by atoms with Gasteiger partial charge in [0.2, 0.25) is 0 Å². The van der Waals surface area contributed by atoms with Crippen molar-refractivity contribution in [2.24, 2.45) is 11.5 Å². The molecule has 1 rings (SSSR count). The predicted molar refractivity (Wildman–Crippen MR) is 113 cm³/mol. The third-order valence-electron chi connectivity index (χ3n) is 4.49. The van der Waals surface area contributed by atoms with Gasteiger partial charge >= 0.3 is 21.6 Å². The van der Waals surface area contributed by atoms with Crippen LogP contribution in [-0.2, 0) is 27.5 Å². The molecule has 0 radical (unpaired) electrons. The molecule has 0 heterocycles. The number of carboxylic acid groups (broad SMARTS) is 1. The molecule has 0 saturated heterocycles. The Labute approximate surface area is 199 Å². The molecule has 18 nitrogen and oxygen atoms in total. The first-order chi connectivity index (χ1) is 16.0. The van der Waals surface area contributed by atoms with Gasteiger partial charge in [-0.25, -0.2) is 9.13 Å². The van der Waals surface area contributed by atoms with E-state index in [0.29, 0.717) is 13.0 Å². The van der Waals surface area contributed by atoms with Crippen LogP contribution in [0.1, 0.15) is 19.3 Å². The van der Waals surface area contributed by atoms with Crippen molar-refractivity contribution in [3.05, 3.63) is 0 Å². The van der Waals surface area contributed by atoms with Crippen LogP contribution in [0.5, 0.6) is 0 Å². The third-order valence-corrected chi connectivity index (χ3v) is 5.99. The minimum Gasteiger partial charge on any atom is -0.480 e. The van der Waals surface area contributed by atoms with Crippen molar-refractivity contribution < 1.29 is 77.9 Å². The Kier molecular flexibility index (Phi) is 15.3. The second-order valence-corrected chi connectivity index (χ2v) is 10.0. The molecule has 0 aliphatic heterocycles. The van der Waals surface area contributed by atoms with Gasteiger partial charge in [0, 0.05) is 0 Å². The van der Waals surface area contributed by atoms with E-state index < -0.39 is 83.6 Å². The fraction of sp³-hybridized carbons (Fsp3) is 0.933.